The lowest BCUT2D eigenvalue weighted by molar-refractivity contribution is 0.663. The summed E-state index contributed by atoms with van der Waals surface area (Å²) in [4.78, 5) is 0. The molecule has 70 valence electrons. The number of benzene rings is 1. The summed E-state index contributed by atoms with van der Waals surface area (Å²) >= 11 is 6.37. The van der Waals surface area contributed by atoms with E-state index in [9.17, 15) is 0 Å². The van der Waals surface area contributed by atoms with E-state index in [1.54, 1.807) is 0 Å². The Morgan fingerprint density at radius 2 is 2.23 bits per heavy atom. The summed E-state index contributed by atoms with van der Waals surface area (Å²) in [6.45, 7) is 3.69. The van der Waals surface area contributed by atoms with E-state index in [0.29, 0.717) is 0 Å². The number of halogens is 2. The van der Waals surface area contributed by atoms with Gasteiger partial charge in [0.25, 0.3) is 0 Å². The molecule has 13 heavy (non-hydrogen) atoms. The van der Waals surface area contributed by atoms with Gasteiger partial charge in [0.05, 0.1) is 0 Å². The van der Waals surface area contributed by atoms with Gasteiger partial charge in [-0.15, -0.1) is 6.58 Å². The van der Waals surface area contributed by atoms with Crippen LogP contribution >= 0.6 is 32.2 Å². The van der Waals surface area contributed by atoms with Crippen LogP contribution in [0.4, 0.5) is 0 Å². The summed E-state index contributed by atoms with van der Waals surface area (Å²) in [6.07, 6.45) is 3.82. The fourth-order valence-electron chi connectivity index (χ4n) is 1.06. The van der Waals surface area contributed by atoms with Crippen LogP contribution in [0.5, 0.6) is 5.75 Å². The summed E-state index contributed by atoms with van der Waals surface area (Å²) in [5.74, 6) is 0.858. The average molecular weight is 306 g/mol. The van der Waals surface area contributed by atoms with E-state index in [2.05, 4.69) is 38.8 Å². The van der Waals surface area contributed by atoms with Crippen LogP contribution in [0, 0.1) is 0 Å². The largest absolute Gasteiger partial charge is 0.418 e. The lowest BCUT2D eigenvalue weighted by atomic mass is 10.1. The standard InChI is InChI=1S/C10H10Br2O/c1-2-3-4-8-5-6-9(11)7-10(8)13-12/h2,5-7H,1,3-4H2. The first kappa shape index (κ1) is 10.8. The van der Waals surface area contributed by atoms with Gasteiger partial charge in [0, 0.05) is 4.47 Å². The SMILES string of the molecule is C=CCCc1ccc(Br)cc1OBr. The van der Waals surface area contributed by atoms with Gasteiger partial charge in [-0.2, -0.15) is 0 Å². The van der Waals surface area contributed by atoms with Crippen molar-refractivity contribution in [2.24, 2.45) is 0 Å². The Balaban J connectivity index is 2.85. The highest BCUT2D eigenvalue weighted by molar-refractivity contribution is 9.10. The Morgan fingerprint density at radius 1 is 1.46 bits per heavy atom. The Kier molecular flexibility index (Phi) is 4.53. The number of rotatable bonds is 4. The molecule has 0 aliphatic rings. The van der Waals surface area contributed by atoms with E-state index in [0.717, 1.165) is 23.1 Å². The van der Waals surface area contributed by atoms with E-state index in [1.165, 1.54) is 5.56 Å². The molecule has 0 aliphatic carbocycles. The number of allylic oxidation sites excluding steroid dienone is 1. The van der Waals surface area contributed by atoms with E-state index in [4.69, 9.17) is 3.83 Å². The van der Waals surface area contributed by atoms with E-state index < -0.39 is 0 Å². The zero-order chi connectivity index (χ0) is 9.68. The Hall–Kier alpha value is -0.280. The predicted octanol–water partition coefficient (Wildman–Crippen LogP) is 4.26. The number of aryl methyl sites for hydroxylation is 1. The molecule has 0 atom stereocenters. The van der Waals surface area contributed by atoms with Crippen LogP contribution in [-0.4, -0.2) is 0 Å². The number of hydrogen-bond acceptors (Lipinski definition) is 1. The summed E-state index contributed by atoms with van der Waals surface area (Å²) in [5.41, 5.74) is 1.18. The van der Waals surface area contributed by atoms with Crippen molar-refractivity contribution in [3.05, 3.63) is 40.9 Å². The quantitative estimate of drug-likeness (QED) is 0.755. The fourth-order valence-corrected chi connectivity index (χ4v) is 1.71. The molecule has 0 aromatic heterocycles. The third kappa shape index (κ3) is 3.16. The van der Waals surface area contributed by atoms with Crippen LogP contribution in [0.3, 0.4) is 0 Å². The first-order chi connectivity index (χ1) is 6.27. The van der Waals surface area contributed by atoms with Gasteiger partial charge in [0.1, 0.15) is 5.75 Å². The topological polar surface area (TPSA) is 9.23 Å². The van der Waals surface area contributed by atoms with E-state index in [-0.39, 0.29) is 0 Å². The van der Waals surface area contributed by atoms with Crippen LogP contribution in [-0.2, 0) is 6.42 Å². The van der Waals surface area contributed by atoms with Crippen LogP contribution in [0.2, 0.25) is 0 Å². The van der Waals surface area contributed by atoms with Crippen molar-refractivity contribution in [1.29, 1.82) is 0 Å². The molecule has 0 N–H and O–H groups in total. The molecule has 1 nitrogen and oxygen atoms in total. The van der Waals surface area contributed by atoms with Gasteiger partial charge in [-0.3, -0.25) is 0 Å². The van der Waals surface area contributed by atoms with Crippen molar-refractivity contribution in [2.45, 2.75) is 12.8 Å². The summed E-state index contributed by atoms with van der Waals surface area (Å²) < 4.78 is 6.09. The highest BCUT2D eigenvalue weighted by Gasteiger charge is 2.02. The molecule has 0 saturated heterocycles. The van der Waals surface area contributed by atoms with Crippen LogP contribution in [0.25, 0.3) is 0 Å². The zero-order valence-corrected chi connectivity index (χ0v) is 10.3. The van der Waals surface area contributed by atoms with Gasteiger partial charge >= 0.3 is 0 Å². The smallest absolute Gasteiger partial charge is 0.179 e. The molecule has 0 bridgehead atoms. The first-order valence-corrected chi connectivity index (χ1v) is 5.40. The second-order valence-electron chi connectivity index (χ2n) is 2.66. The maximum absolute atomic E-state index is 5.07. The van der Waals surface area contributed by atoms with Gasteiger partial charge in [0.2, 0.25) is 0 Å². The summed E-state index contributed by atoms with van der Waals surface area (Å²) in [7, 11) is 0. The molecular formula is C10H10Br2O. The van der Waals surface area contributed by atoms with E-state index in [1.807, 2.05) is 24.3 Å². The van der Waals surface area contributed by atoms with Crippen LogP contribution in [0.1, 0.15) is 12.0 Å². The molecule has 1 aromatic rings. The van der Waals surface area contributed by atoms with Crippen molar-refractivity contribution < 1.29 is 3.83 Å². The molecule has 0 amide bonds. The Bertz CT molecular complexity index is 297. The van der Waals surface area contributed by atoms with E-state index >= 15 is 0 Å². The first-order valence-electron chi connectivity index (χ1n) is 3.96. The van der Waals surface area contributed by atoms with Crippen molar-refractivity contribution >= 4 is 32.2 Å². The Morgan fingerprint density at radius 3 is 2.85 bits per heavy atom. The van der Waals surface area contributed by atoms with Crippen LogP contribution < -0.4 is 3.83 Å². The van der Waals surface area contributed by atoms with Gasteiger partial charge in [-0.05, 0) is 30.5 Å². The molecule has 0 radical (unpaired) electrons. The molecule has 1 rings (SSSR count). The Labute approximate surface area is 95.4 Å². The van der Waals surface area contributed by atoms with Crippen LogP contribution in [0.15, 0.2) is 35.3 Å². The van der Waals surface area contributed by atoms with Crippen molar-refractivity contribution in [3.63, 3.8) is 0 Å². The number of hydrogen-bond donors (Lipinski definition) is 0. The highest BCUT2D eigenvalue weighted by atomic mass is 79.9. The predicted molar refractivity (Wildman–Crippen MR) is 62.2 cm³/mol. The molecule has 0 spiro atoms. The van der Waals surface area contributed by atoms with Gasteiger partial charge in [-0.1, -0.05) is 28.1 Å². The minimum Gasteiger partial charge on any atom is -0.418 e. The third-order valence-electron chi connectivity index (χ3n) is 1.73. The van der Waals surface area contributed by atoms with Gasteiger partial charge in [-0.25, -0.2) is 0 Å². The monoisotopic (exact) mass is 304 g/mol. The summed E-state index contributed by atoms with van der Waals surface area (Å²) in [5, 5.41) is 0. The molecule has 0 aliphatic heterocycles. The average Bonchev–Trinajstić information content (AvgIpc) is 2.16. The highest BCUT2D eigenvalue weighted by Crippen LogP contribution is 2.26. The molecule has 3 heteroatoms. The molecular weight excluding hydrogens is 296 g/mol. The maximum atomic E-state index is 5.07. The third-order valence-corrected chi connectivity index (χ3v) is 2.57. The molecule has 0 fully saturated rings. The molecule has 0 heterocycles. The lowest BCUT2D eigenvalue weighted by Crippen LogP contribution is -1.87. The van der Waals surface area contributed by atoms with Crippen molar-refractivity contribution in [2.75, 3.05) is 0 Å². The van der Waals surface area contributed by atoms with Gasteiger partial charge < -0.3 is 3.83 Å². The maximum Gasteiger partial charge on any atom is 0.179 e. The molecule has 0 unspecified atom stereocenters. The second-order valence-corrected chi connectivity index (χ2v) is 3.90. The van der Waals surface area contributed by atoms with Crippen molar-refractivity contribution in [3.8, 4) is 5.75 Å². The normalized spacial score (nSPS) is 9.69. The second kappa shape index (κ2) is 5.45. The fraction of sp³-hybridized carbons (Fsp3) is 0.200. The van der Waals surface area contributed by atoms with Gasteiger partial charge in [0.15, 0.2) is 16.3 Å². The zero-order valence-electron chi connectivity index (χ0n) is 7.09. The molecule has 0 saturated carbocycles. The minimum absolute atomic E-state index is 0.858. The van der Waals surface area contributed by atoms with Crippen molar-refractivity contribution in [1.82, 2.24) is 0 Å². The lowest BCUT2D eigenvalue weighted by Gasteiger charge is -2.05. The summed E-state index contributed by atoms with van der Waals surface area (Å²) in [6, 6.07) is 5.99. The molecule has 1 aromatic carbocycles. The minimum atomic E-state index is 0.858.